The first-order chi connectivity index (χ1) is 9.34. The zero-order chi connectivity index (χ0) is 13.1. The molecular weight excluding hydrogens is 244 g/mol. The van der Waals surface area contributed by atoms with E-state index in [2.05, 4.69) is 20.8 Å². The van der Waals surface area contributed by atoms with Crippen molar-refractivity contribution in [3.63, 3.8) is 0 Å². The lowest BCUT2D eigenvalue weighted by molar-refractivity contribution is 0.0941. The summed E-state index contributed by atoms with van der Waals surface area (Å²) in [5.41, 5.74) is 2.26. The van der Waals surface area contributed by atoms with Crippen molar-refractivity contribution in [3.05, 3.63) is 47.1 Å². The third-order valence-electron chi connectivity index (χ3n) is 3.12. The van der Waals surface area contributed by atoms with E-state index in [1.54, 1.807) is 12.4 Å². The fourth-order valence-electron chi connectivity index (χ4n) is 2.08. The number of rotatable bonds is 3. The highest BCUT2D eigenvalue weighted by atomic mass is 16.5. The Bertz CT molecular complexity index is 580. The van der Waals surface area contributed by atoms with Gasteiger partial charge < -0.3 is 15.2 Å². The number of carbonyl (C=O) groups is 1. The van der Waals surface area contributed by atoms with E-state index in [1.165, 1.54) is 0 Å². The van der Waals surface area contributed by atoms with Crippen molar-refractivity contribution in [1.29, 1.82) is 0 Å². The standard InChI is InChI=1S/C13H14N4O2/c18-13(16-7-9-1-4-14-5-2-9)12-10-8-15-6-3-11(10)19-17-12/h1-2,4-5,15H,3,6-8H2,(H,16,18). The number of nitrogens with one attached hydrogen (secondary N) is 2. The molecule has 6 nitrogen and oxygen atoms in total. The molecule has 0 saturated heterocycles. The van der Waals surface area contributed by atoms with E-state index in [9.17, 15) is 4.79 Å². The van der Waals surface area contributed by atoms with Crippen LogP contribution in [-0.4, -0.2) is 22.6 Å². The van der Waals surface area contributed by atoms with Gasteiger partial charge in [0, 0.05) is 44.0 Å². The van der Waals surface area contributed by atoms with Gasteiger partial charge in [-0.15, -0.1) is 0 Å². The molecule has 0 fully saturated rings. The van der Waals surface area contributed by atoms with Gasteiger partial charge >= 0.3 is 0 Å². The summed E-state index contributed by atoms with van der Waals surface area (Å²) in [4.78, 5) is 16.0. The Morgan fingerprint density at radius 2 is 2.26 bits per heavy atom. The van der Waals surface area contributed by atoms with E-state index in [0.29, 0.717) is 18.8 Å². The quantitative estimate of drug-likeness (QED) is 0.844. The Labute approximate surface area is 110 Å². The number of amides is 1. The van der Waals surface area contributed by atoms with Gasteiger partial charge in [-0.3, -0.25) is 9.78 Å². The first-order valence-electron chi connectivity index (χ1n) is 6.20. The first-order valence-corrected chi connectivity index (χ1v) is 6.20. The van der Waals surface area contributed by atoms with Gasteiger partial charge in [0.2, 0.25) is 0 Å². The smallest absolute Gasteiger partial charge is 0.274 e. The minimum atomic E-state index is -0.203. The molecule has 2 N–H and O–H groups in total. The fourth-order valence-corrected chi connectivity index (χ4v) is 2.08. The molecule has 0 radical (unpaired) electrons. The molecule has 0 saturated carbocycles. The van der Waals surface area contributed by atoms with Crippen molar-refractivity contribution in [2.75, 3.05) is 6.54 Å². The largest absolute Gasteiger partial charge is 0.360 e. The molecule has 6 heteroatoms. The van der Waals surface area contributed by atoms with Crippen molar-refractivity contribution >= 4 is 5.91 Å². The van der Waals surface area contributed by atoms with Crippen molar-refractivity contribution < 1.29 is 9.32 Å². The molecule has 1 amide bonds. The second kappa shape index (κ2) is 5.19. The Kier molecular flexibility index (Phi) is 3.24. The van der Waals surface area contributed by atoms with E-state index < -0.39 is 0 Å². The average Bonchev–Trinajstić information content (AvgIpc) is 2.90. The summed E-state index contributed by atoms with van der Waals surface area (Å²) in [7, 11) is 0. The minimum absolute atomic E-state index is 0.203. The van der Waals surface area contributed by atoms with Gasteiger partial charge in [0.25, 0.3) is 5.91 Å². The maximum atomic E-state index is 12.1. The third-order valence-corrected chi connectivity index (χ3v) is 3.12. The summed E-state index contributed by atoms with van der Waals surface area (Å²) in [5, 5.41) is 9.91. The molecule has 19 heavy (non-hydrogen) atoms. The van der Waals surface area contributed by atoms with Crippen LogP contribution in [0, 0.1) is 0 Å². The van der Waals surface area contributed by atoms with Crippen LogP contribution in [0.15, 0.2) is 29.0 Å². The van der Waals surface area contributed by atoms with Crippen LogP contribution < -0.4 is 10.6 Å². The normalized spacial score (nSPS) is 13.9. The van der Waals surface area contributed by atoms with Crippen LogP contribution in [0.25, 0.3) is 0 Å². The van der Waals surface area contributed by atoms with Gasteiger partial charge in [-0.05, 0) is 17.7 Å². The fraction of sp³-hybridized carbons (Fsp3) is 0.308. The zero-order valence-electron chi connectivity index (χ0n) is 10.3. The highest BCUT2D eigenvalue weighted by molar-refractivity contribution is 5.93. The lowest BCUT2D eigenvalue weighted by atomic mass is 10.1. The third kappa shape index (κ3) is 2.48. The molecule has 0 spiro atoms. The summed E-state index contributed by atoms with van der Waals surface area (Å²) in [5.74, 6) is 0.610. The maximum Gasteiger partial charge on any atom is 0.274 e. The molecule has 0 aromatic carbocycles. The molecule has 2 aromatic rings. The van der Waals surface area contributed by atoms with E-state index in [0.717, 1.165) is 29.9 Å². The molecule has 1 aliphatic rings. The average molecular weight is 258 g/mol. The van der Waals surface area contributed by atoms with E-state index in [-0.39, 0.29) is 5.91 Å². The monoisotopic (exact) mass is 258 g/mol. The number of nitrogens with zero attached hydrogens (tertiary/aromatic N) is 2. The summed E-state index contributed by atoms with van der Waals surface area (Å²) >= 11 is 0. The van der Waals surface area contributed by atoms with Crippen molar-refractivity contribution in [2.45, 2.75) is 19.5 Å². The number of aromatic nitrogens is 2. The van der Waals surface area contributed by atoms with Crippen LogP contribution in [0.5, 0.6) is 0 Å². The molecule has 1 aliphatic heterocycles. The van der Waals surface area contributed by atoms with Gasteiger partial charge in [-0.2, -0.15) is 0 Å². The summed E-state index contributed by atoms with van der Waals surface area (Å²) in [6.45, 7) is 1.95. The van der Waals surface area contributed by atoms with Crippen LogP contribution in [-0.2, 0) is 19.5 Å². The zero-order valence-corrected chi connectivity index (χ0v) is 10.3. The van der Waals surface area contributed by atoms with Crippen LogP contribution in [0.4, 0.5) is 0 Å². The number of hydrogen-bond donors (Lipinski definition) is 2. The number of pyridine rings is 1. The molecule has 0 atom stereocenters. The van der Waals surface area contributed by atoms with Gasteiger partial charge in [0.15, 0.2) is 5.69 Å². The second-order valence-electron chi connectivity index (χ2n) is 4.40. The molecular formula is C13H14N4O2. The van der Waals surface area contributed by atoms with E-state index >= 15 is 0 Å². The number of carbonyl (C=O) groups excluding carboxylic acids is 1. The number of hydrogen-bond acceptors (Lipinski definition) is 5. The lowest BCUT2D eigenvalue weighted by Gasteiger charge is -2.11. The van der Waals surface area contributed by atoms with Crippen LogP contribution in [0.1, 0.15) is 27.4 Å². The molecule has 2 aromatic heterocycles. The van der Waals surface area contributed by atoms with Gasteiger partial charge in [-0.1, -0.05) is 5.16 Å². The van der Waals surface area contributed by atoms with Crippen molar-refractivity contribution in [2.24, 2.45) is 0 Å². The lowest BCUT2D eigenvalue weighted by Crippen LogP contribution is -2.28. The molecule has 0 aliphatic carbocycles. The summed E-state index contributed by atoms with van der Waals surface area (Å²) in [6, 6.07) is 3.72. The number of fused-ring (bicyclic) bond motifs is 1. The highest BCUT2D eigenvalue weighted by Crippen LogP contribution is 2.17. The molecule has 0 unspecified atom stereocenters. The summed E-state index contributed by atoms with van der Waals surface area (Å²) < 4.78 is 5.20. The first kappa shape index (κ1) is 11.9. The maximum absolute atomic E-state index is 12.1. The van der Waals surface area contributed by atoms with Crippen molar-refractivity contribution in [1.82, 2.24) is 20.8 Å². The highest BCUT2D eigenvalue weighted by Gasteiger charge is 2.23. The molecule has 98 valence electrons. The van der Waals surface area contributed by atoms with Crippen LogP contribution >= 0.6 is 0 Å². The van der Waals surface area contributed by atoms with Gasteiger partial charge in [0.05, 0.1) is 0 Å². The molecule has 0 bridgehead atoms. The predicted octanol–water partition coefficient (Wildman–Crippen LogP) is 0.645. The minimum Gasteiger partial charge on any atom is -0.360 e. The van der Waals surface area contributed by atoms with E-state index in [1.807, 2.05) is 12.1 Å². The molecule has 3 heterocycles. The van der Waals surface area contributed by atoms with Gasteiger partial charge in [-0.25, -0.2) is 0 Å². The topological polar surface area (TPSA) is 80.1 Å². The van der Waals surface area contributed by atoms with E-state index in [4.69, 9.17) is 4.52 Å². The van der Waals surface area contributed by atoms with Crippen LogP contribution in [0.2, 0.25) is 0 Å². The second-order valence-corrected chi connectivity index (χ2v) is 4.40. The molecule has 3 rings (SSSR count). The van der Waals surface area contributed by atoms with Crippen LogP contribution in [0.3, 0.4) is 0 Å². The Morgan fingerprint density at radius 3 is 3.11 bits per heavy atom. The predicted molar refractivity (Wildman–Crippen MR) is 67.3 cm³/mol. The van der Waals surface area contributed by atoms with Gasteiger partial charge in [0.1, 0.15) is 5.76 Å². The Morgan fingerprint density at radius 1 is 1.42 bits per heavy atom. The van der Waals surface area contributed by atoms with Crippen molar-refractivity contribution in [3.8, 4) is 0 Å². The Balaban J connectivity index is 1.69. The Hall–Kier alpha value is -2.21. The SMILES string of the molecule is O=C(NCc1ccncc1)c1noc2c1CNCC2. The summed E-state index contributed by atoms with van der Waals surface area (Å²) in [6.07, 6.45) is 4.17.